The monoisotopic (exact) mass is 275 g/mol. The van der Waals surface area contributed by atoms with E-state index in [1.165, 1.54) is 4.31 Å². The van der Waals surface area contributed by atoms with Gasteiger partial charge in [0, 0.05) is 26.2 Å². The molecule has 2 rings (SSSR count). The van der Waals surface area contributed by atoms with Crippen molar-refractivity contribution in [2.24, 2.45) is 5.92 Å². The maximum atomic E-state index is 12.3. The number of sulfonamides is 1. The number of nitrogens with zero attached hydrogens (tertiary/aromatic N) is 1. The van der Waals surface area contributed by atoms with E-state index in [0.29, 0.717) is 32.1 Å². The fraction of sp³-hybridized carbons (Fsp3) is 0.909. The summed E-state index contributed by atoms with van der Waals surface area (Å²) < 4.78 is 25.9. The summed E-state index contributed by atoms with van der Waals surface area (Å²) in [6.45, 7) is 3.75. The standard InChI is InChI=1S/C11H21N3O3S/c1-2-13-11(15)10-7-12-5-6-14(10)18(16,17)8-9-3-4-9/h9-10,12H,2-8H2,1H3,(H,13,15). The van der Waals surface area contributed by atoms with Crippen LogP contribution in [0.1, 0.15) is 19.8 Å². The number of hydrogen-bond donors (Lipinski definition) is 2. The van der Waals surface area contributed by atoms with Crippen molar-refractivity contribution in [2.45, 2.75) is 25.8 Å². The van der Waals surface area contributed by atoms with E-state index in [1.54, 1.807) is 0 Å². The maximum absolute atomic E-state index is 12.3. The summed E-state index contributed by atoms with van der Waals surface area (Å²) in [6, 6.07) is -0.595. The predicted molar refractivity (Wildman–Crippen MR) is 68.6 cm³/mol. The molecule has 1 amide bonds. The van der Waals surface area contributed by atoms with Gasteiger partial charge in [-0.2, -0.15) is 4.31 Å². The second-order valence-corrected chi connectivity index (χ2v) is 6.91. The molecule has 2 N–H and O–H groups in total. The second-order valence-electron chi connectivity index (χ2n) is 4.95. The largest absolute Gasteiger partial charge is 0.355 e. The van der Waals surface area contributed by atoms with Gasteiger partial charge >= 0.3 is 0 Å². The summed E-state index contributed by atoms with van der Waals surface area (Å²) in [5.41, 5.74) is 0. The van der Waals surface area contributed by atoms with Crippen molar-refractivity contribution in [1.82, 2.24) is 14.9 Å². The molecule has 0 bridgehead atoms. The highest BCUT2D eigenvalue weighted by atomic mass is 32.2. The summed E-state index contributed by atoms with van der Waals surface area (Å²) in [6.07, 6.45) is 1.99. The Balaban J connectivity index is 2.08. The fourth-order valence-electron chi connectivity index (χ4n) is 2.21. The van der Waals surface area contributed by atoms with E-state index in [-0.39, 0.29) is 11.7 Å². The molecule has 0 aromatic heterocycles. The summed E-state index contributed by atoms with van der Waals surface area (Å²) >= 11 is 0. The van der Waals surface area contributed by atoms with Crippen LogP contribution < -0.4 is 10.6 Å². The number of nitrogens with one attached hydrogen (secondary N) is 2. The lowest BCUT2D eigenvalue weighted by Crippen LogP contribution is -2.59. The SMILES string of the molecule is CCNC(=O)C1CNCCN1S(=O)(=O)CC1CC1. The first-order valence-corrected chi connectivity index (χ1v) is 8.13. The molecule has 0 aromatic carbocycles. The van der Waals surface area contributed by atoms with E-state index in [0.717, 1.165) is 12.8 Å². The minimum atomic E-state index is -3.30. The third-order valence-corrected chi connectivity index (χ3v) is 5.39. The molecule has 1 heterocycles. The number of carbonyl (C=O) groups is 1. The number of carbonyl (C=O) groups excluding carboxylic acids is 1. The van der Waals surface area contributed by atoms with Gasteiger partial charge in [-0.3, -0.25) is 4.79 Å². The summed E-state index contributed by atoms with van der Waals surface area (Å²) in [7, 11) is -3.30. The Morgan fingerprint density at radius 2 is 2.17 bits per heavy atom. The Labute approximate surface area is 108 Å². The van der Waals surface area contributed by atoms with Gasteiger partial charge in [0.05, 0.1) is 5.75 Å². The van der Waals surface area contributed by atoms with Crippen LogP contribution in [-0.4, -0.2) is 56.6 Å². The normalized spacial score (nSPS) is 25.9. The van der Waals surface area contributed by atoms with Gasteiger partial charge in [-0.15, -0.1) is 0 Å². The zero-order valence-corrected chi connectivity index (χ0v) is 11.5. The molecule has 7 heteroatoms. The molecule has 1 saturated carbocycles. The molecule has 1 aliphatic heterocycles. The van der Waals surface area contributed by atoms with Gasteiger partial charge in [-0.05, 0) is 25.7 Å². The van der Waals surface area contributed by atoms with Crippen LogP contribution in [-0.2, 0) is 14.8 Å². The third kappa shape index (κ3) is 3.21. The molecule has 1 atom stereocenters. The molecule has 2 fully saturated rings. The molecule has 0 spiro atoms. The first-order chi connectivity index (χ1) is 8.54. The lowest BCUT2D eigenvalue weighted by molar-refractivity contribution is -0.125. The highest BCUT2D eigenvalue weighted by Gasteiger charge is 2.39. The van der Waals surface area contributed by atoms with Gasteiger partial charge in [-0.25, -0.2) is 8.42 Å². The molecular weight excluding hydrogens is 254 g/mol. The van der Waals surface area contributed by atoms with Crippen molar-refractivity contribution >= 4 is 15.9 Å². The van der Waals surface area contributed by atoms with E-state index in [1.807, 2.05) is 6.92 Å². The molecule has 104 valence electrons. The number of piperazine rings is 1. The van der Waals surface area contributed by atoms with Crippen LogP contribution in [0.15, 0.2) is 0 Å². The number of rotatable bonds is 5. The van der Waals surface area contributed by atoms with E-state index < -0.39 is 16.1 Å². The summed E-state index contributed by atoms with van der Waals surface area (Å²) in [5, 5.41) is 5.78. The Kier molecular flexibility index (Phi) is 4.24. The zero-order valence-electron chi connectivity index (χ0n) is 10.7. The average molecular weight is 275 g/mol. The topological polar surface area (TPSA) is 78.5 Å². The zero-order chi connectivity index (χ0) is 13.2. The van der Waals surface area contributed by atoms with Crippen LogP contribution in [0.25, 0.3) is 0 Å². The average Bonchev–Trinajstić information content (AvgIpc) is 3.12. The Morgan fingerprint density at radius 3 is 2.78 bits per heavy atom. The number of hydrogen-bond acceptors (Lipinski definition) is 4. The van der Waals surface area contributed by atoms with Gasteiger partial charge in [0.2, 0.25) is 15.9 Å². The molecule has 0 radical (unpaired) electrons. The maximum Gasteiger partial charge on any atom is 0.239 e. The van der Waals surface area contributed by atoms with Crippen molar-refractivity contribution in [3.05, 3.63) is 0 Å². The van der Waals surface area contributed by atoms with Crippen molar-refractivity contribution in [3.8, 4) is 0 Å². The van der Waals surface area contributed by atoms with Crippen molar-refractivity contribution in [1.29, 1.82) is 0 Å². The quantitative estimate of drug-likeness (QED) is 0.684. The van der Waals surface area contributed by atoms with Gasteiger partial charge in [0.25, 0.3) is 0 Å². The van der Waals surface area contributed by atoms with Gasteiger partial charge in [0.15, 0.2) is 0 Å². The highest BCUT2D eigenvalue weighted by Crippen LogP contribution is 2.31. The van der Waals surface area contributed by atoms with Crippen LogP contribution in [0.4, 0.5) is 0 Å². The fourth-order valence-corrected chi connectivity index (χ4v) is 4.26. The molecule has 1 aliphatic carbocycles. The first kappa shape index (κ1) is 13.8. The molecule has 2 aliphatic rings. The van der Waals surface area contributed by atoms with Crippen molar-refractivity contribution in [3.63, 3.8) is 0 Å². The van der Waals surface area contributed by atoms with E-state index >= 15 is 0 Å². The van der Waals surface area contributed by atoms with E-state index in [9.17, 15) is 13.2 Å². The van der Waals surface area contributed by atoms with Crippen LogP contribution in [0.3, 0.4) is 0 Å². The lowest BCUT2D eigenvalue weighted by Gasteiger charge is -2.34. The van der Waals surface area contributed by atoms with Crippen LogP contribution in [0.2, 0.25) is 0 Å². The minimum absolute atomic E-state index is 0.197. The summed E-state index contributed by atoms with van der Waals surface area (Å²) in [4.78, 5) is 11.9. The number of amides is 1. The second kappa shape index (κ2) is 5.54. The molecule has 1 unspecified atom stereocenters. The Bertz CT molecular complexity index is 406. The molecule has 1 saturated heterocycles. The molecule has 0 aromatic rings. The van der Waals surface area contributed by atoms with Crippen LogP contribution in [0.5, 0.6) is 0 Å². The molecule has 18 heavy (non-hydrogen) atoms. The van der Waals surface area contributed by atoms with E-state index in [4.69, 9.17) is 0 Å². The Morgan fingerprint density at radius 1 is 1.44 bits per heavy atom. The van der Waals surface area contributed by atoms with Crippen LogP contribution in [0, 0.1) is 5.92 Å². The third-order valence-electron chi connectivity index (χ3n) is 3.35. The Hall–Kier alpha value is -0.660. The minimum Gasteiger partial charge on any atom is -0.355 e. The lowest BCUT2D eigenvalue weighted by atomic mass is 10.2. The van der Waals surface area contributed by atoms with Gasteiger partial charge in [-0.1, -0.05) is 0 Å². The van der Waals surface area contributed by atoms with Crippen LogP contribution >= 0.6 is 0 Å². The van der Waals surface area contributed by atoms with E-state index in [2.05, 4.69) is 10.6 Å². The number of likely N-dealkylation sites (N-methyl/N-ethyl adjacent to an activating group) is 1. The first-order valence-electron chi connectivity index (χ1n) is 6.52. The van der Waals surface area contributed by atoms with Gasteiger partial charge in [0.1, 0.15) is 6.04 Å². The summed E-state index contributed by atoms with van der Waals surface area (Å²) in [5.74, 6) is 0.298. The van der Waals surface area contributed by atoms with Crippen molar-refractivity contribution < 1.29 is 13.2 Å². The van der Waals surface area contributed by atoms with Crippen molar-refractivity contribution in [2.75, 3.05) is 31.9 Å². The predicted octanol–water partition coefficient (Wildman–Crippen LogP) is -0.864. The highest BCUT2D eigenvalue weighted by molar-refractivity contribution is 7.89. The smallest absolute Gasteiger partial charge is 0.239 e. The molecule has 6 nitrogen and oxygen atoms in total. The molecular formula is C11H21N3O3S. The van der Waals surface area contributed by atoms with Gasteiger partial charge < -0.3 is 10.6 Å².